The first kappa shape index (κ1) is 10.7. The Morgan fingerprint density at radius 3 is 2.33 bits per heavy atom. The predicted molar refractivity (Wildman–Crippen MR) is 50.0 cm³/mol. The van der Waals surface area contributed by atoms with Gasteiger partial charge in [0.1, 0.15) is 5.75 Å². The van der Waals surface area contributed by atoms with Gasteiger partial charge in [-0.2, -0.15) is 0 Å². The first-order chi connectivity index (χ1) is 5.85. The monoisotopic (exact) mass is 166 g/mol. The number of benzene rings is 1. The molecule has 1 rings (SSSR count). The molecule has 0 spiro atoms. The topological polar surface area (TPSA) is 29.5 Å². The van der Waals surface area contributed by atoms with Crippen molar-refractivity contribution in [2.45, 2.75) is 6.92 Å². The number of aliphatic hydroxyl groups excluding tert-OH is 1. The Balaban J connectivity index is 0.000000354. The summed E-state index contributed by atoms with van der Waals surface area (Å²) in [4.78, 5) is 0. The molecule has 1 aromatic rings. The Morgan fingerprint density at radius 2 is 1.92 bits per heavy atom. The first-order valence-corrected chi connectivity index (χ1v) is 3.78. The average molecular weight is 166 g/mol. The van der Waals surface area contributed by atoms with Crippen LogP contribution in [0.2, 0.25) is 0 Å². The minimum atomic E-state index is 0.250. The molecule has 1 N–H and O–H groups in total. The molecule has 0 aliphatic carbocycles. The van der Waals surface area contributed by atoms with E-state index in [4.69, 9.17) is 9.84 Å². The number of ether oxygens (including phenoxy) is 1. The van der Waals surface area contributed by atoms with E-state index in [1.54, 1.807) is 6.92 Å². The molecular weight excluding hydrogens is 152 g/mol. The summed E-state index contributed by atoms with van der Waals surface area (Å²) in [6.07, 6.45) is 1.41. The van der Waals surface area contributed by atoms with Crippen LogP contribution in [0.4, 0.5) is 0 Å². The zero-order chi connectivity index (χ0) is 9.23. The lowest BCUT2D eigenvalue weighted by Gasteiger charge is -1.95. The molecule has 2 nitrogen and oxygen atoms in total. The van der Waals surface area contributed by atoms with E-state index in [-0.39, 0.29) is 6.61 Å². The number of para-hydroxylation sites is 1. The molecule has 1 aromatic carbocycles. The molecule has 0 saturated carbocycles. The van der Waals surface area contributed by atoms with E-state index in [2.05, 4.69) is 6.58 Å². The number of rotatable bonds is 2. The molecule has 0 unspecified atom stereocenters. The molecule has 0 atom stereocenters. The van der Waals surface area contributed by atoms with Gasteiger partial charge >= 0.3 is 0 Å². The highest BCUT2D eigenvalue weighted by molar-refractivity contribution is 5.21. The third-order valence-corrected chi connectivity index (χ3v) is 0.963. The lowest BCUT2D eigenvalue weighted by molar-refractivity contribution is 0.318. The van der Waals surface area contributed by atoms with Gasteiger partial charge in [-0.3, -0.25) is 0 Å². The van der Waals surface area contributed by atoms with Crippen molar-refractivity contribution in [3.63, 3.8) is 0 Å². The second-order valence-electron chi connectivity index (χ2n) is 1.91. The SMILES string of the molecule is C=COc1ccccc1.CCO. The zero-order valence-corrected chi connectivity index (χ0v) is 7.23. The second-order valence-corrected chi connectivity index (χ2v) is 1.91. The molecule has 12 heavy (non-hydrogen) atoms. The van der Waals surface area contributed by atoms with Crippen molar-refractivity contribution in [3.05, 3.63) is 43.2 Å². The quantitative estimate of drug-likeness (QED) is 0.682. The van der Waals surface area contributed by atoms with Crippen molar-refractivity contribution in [2.24, 2.45) is 0 Å². The lowest BCUT2D eigenvalue weighted by Crippen LogP contribution is -1.76. The van der Waals surface area contributed by atoms with Gasteiger partial charge in [0.15, 0.2) is 0 Å². The van der Waals surface area contributed by atoms with Gasteiger partial charge in [0.05, 0.1) is 6.26 Å². The molecule has 0 aliphatic heterocycles. The van der Waals surface area contributed by atoms with Crippen LogP contribution in [-0.2, 0) is 0 Å². The smallest absolute Gasteiger partial charge is 0.126 e. The van der Waals surface area contributed by atoms with Crippen LogP contribution in [0.5, 0.6) is 5.75 Å². The average Bonchev–Trinajstić information content (AvgIpc) is 2.08. The van der Waals surface area contributed by atoms with E-state index in [9.17, 15) is 0 Å². The van der Waals surface area contributed by atoms with E-state index < -0.39 is 0 Å². The lowest BCUT2D eigenvalue weighted by atomic mass is 10.3. The minimum Gasteiger partial charge on any atom is -0.466 e. The fourth-order valence-electron chi connectivity index (χ4n) is 0.595. The zero-order valence-electron chi connectivity index (χ0n) is 7.23. The van der Waals surface area contributed by atoms with Gasteiger partial charge in [-0.05, 0) is 19.1 Å². The summed E-state index contributed by atoms with van der Waals surface area (Å²) < 4.78 is 4.97. The van der Waals surface area contributed by atoms with E-state index in [0.717, 1.165) is 5.75 Å². The summed E-state index contributed by atoms with van der Waals surface area (Å²) in [6.45, 7) is 5.36. The predicted octanol–water partition coefficient (Wildman–Crippen LogP) is 2.21. The number of hydrogen-bond donors (Lipinski definition) is 1. The third-order valence-electron chi connectivity index (χ3n) is 0.963. The van der Waals surface area contributed by atoms with Gasteiger partial charge in [-0.1, -0.05) is 24.8 Å². The van der Waals surface area contributed by atoms with E-state index in [1.807, 2.05) is 30.3 Å². The summed E-state index contributed by atoms with van der Waals surface area (Å²) in [7, 11) is 0. The molecule has 0 heterocycles. The summed E-state index contributed by atoms with van der Waals surface area (Å²) in [5.41, 5.74) is 0. The Morgan fingerprint density at radius 1 is 1.42 bits per heavy atom. The molecule has 66 valence electrons. The Kier molecular flexibility index (Phi) is 6.99. The highest BCUT2D eigenvalue weighted by Crippen LogP contribution is 2.07. The Hall–Kier alpha value is -1.28. The molecule has 2 heteroatoms. The van der Waals surface area contributed by atoms with Crippen LogP contribution >= 0.6 is 0 Å². The van der Waals surface area contributed by atoms with Crippen molar-refractivity contribution in [2.75, 3.05) is 6.61 Å². The summed E-state index contributed by atoms with van der Waals surface area (Å²) >= 11 is 0. The van der Waals surface area contributed by atoms with E-state index in [1.165, 1.54) is 6.26 Å². The van der Waals surface area contributed by atoms with Crippen molar-refractivity contribution < 1.29 is 9.84 Å². The normalized spacial score (nSPS) is 7.83. The summed E-state index contributed by atoms with van der Waals surface area (Å²) in [5.74, 6) is 0.826. The molecule has 0 amide bonds. The maximum absolute atomic E-state index is 7.57. The fourth-order valence-corrected chi connectivity index (χ4v) is 0.595. The van der Waals surface area contributed by atoms with Crippen LogP contribution in [0.1, 0.15) is 6.92 Å². The fraction of sp³-hybridized carbons (Fsp3) is 0.200. The van der Waals surface area contributed by atoms with Crippen LogP contribution in [-0.4, -0.2) is 11.7 Å². The molecule has 0 aromatic heterocycles. The van der Waals surface area contributed by atoms with Gasteiger partial charge in [0.2, 0.25) is 0 Å². The van der Waals surface area contributed by atoms with Gasteiger partial charge in [0, 0.05) is 6.61 Å². The van der Waals surface area contributed by atoms with Crippen molar-refractivity contribution in [1.82, 2.24) is 0 Å². The molecule has 0 bridgehead atoms. The van der Waals surface area contributed by atoms with Crippen molar-refractivity contribution in [1.29, 1.82) is 0 Å². The third kappa shape index (κ3) is 5.50. The van der Waals surface area contributed by atoms with Crippen LogP contribution in [0.15, 0.2) is 43.2 Å². The number of hydrogen-bond acceptors (Lipinski definition) is 2. The Bertz CT molecular complexity index is 194. The molecule has 0 fully saturated rings. The van der Waals surface area contributed by atoms with Crippen molar-refractivity contribution in [3.8, 4) is 5.75 Å². The highest BCUT2D eigenvalue weighted by Gasteiger charge is 1.82. The largest absolute Gasteiger partial charge is 0.466 e. The number of aliphatic hydroxyl groups is 1. The maximum atomic E-state index is 7.57. The molecule has 0 radical (unpaired) electrons. The van der Waals surface area contributed by atoms with Crippen molar-refractivity contribution >= 4 is 0 Å². The van der Waals surface area contributed by atoms with Gasteiger partial charge in [-0.25, -0.2) is 0 Å². The maximum Gasteiger partial charge on any atom is 0.126 e. The minimum absolute atomic E-state index is 0.250. The molecule has 0 saturated heterocycles. The van der Waals surface area contributed by atoms with Gasteiger partial charge < -0.3 is 9.84 Å². The molecular formula is C10H14O2. The Labute approximate surface area is 73.1 Å². The van der Waals surface area contributed by atoms with Crippen LogP contribution in [0, 0.1) is 0 Å². The van der Waals surface area contributed by atoms with Gasteiger partial charge in [0.25, 0.3) is 0 Å². The summed E-state index contributed by atoms with van der Waals surface area (Å²) in [5, 5.41) is 7.57. The van der Waals surface area contributed by atoms with E-state index in [0.29, 0.717) is 0 Å². The standard InChI is InChI=1S/C8H8O.C2H6O/c1-2-9-8-6-4-3-5-7-8;1-2-3/h2-7H,1H2;3H,2H2,1H3. The molecule has 0 aliphatic rings. The van der Waals surface area contributed by atoms with Crippen LogP contribution in [0.25, 0.3) is 0 Å². The van der Waals surface area contributed by atoms with Crippen LogP contribution < -0.4 is 4.74 Å². The second kappa shape index (κ2) is 7.82. The van der Waals surface area contributed by atoms with Gasteiger partial charge in [-0.15, -0.1) is 0 Å². The van der Waals surface area contributed by atoms with E-state index >= 15 is 0 Å². The highest BCUT2D eigenvalue weighted by atomic mass is 16.5. The first-order valence-electron chi connectivity index (χ1n) is 3.78. The van der Waals surface area contributed by atoms with Crippen LogP contribution in [0.3, 0.4) is 0 Å². The summed E-state index contributed by atoms with van der Waals surface area (Å²) in [6, 6.07) is 9.52.